The highest BCUT2D eigenvalue weighted by Gasteiger charge is 2.81. The van der Waals surface area contributed by atoms with Crippen molar-refractivity contribution < 1.29 is 28.2 Å². The number of amides is 1. The Kier molecular flexibility index (Phi) is 8.03. The van der Waals surface area contributed by atoms with Crippen molar-refractivity contribution in [1.29, 1.82) is 0 Å². The number of nitrogens with zero attached hydrogens (tertiary/aromatic N) is 1. The number of carbonyl (C=O) groups excluding carboxylic acids is 1. The molecule has 2 aliphatic heterocycles. The van der Waals surface area contributed by atoms with Crippen molar-refractivity contribution >= 4 is 18.0 Å². The Bertz CT molecular complexity index is 1350. The number of oxazole rings is 1. The number of benzene rings is 1. The van der Waals surface area contributed by atoms with Crippen LogP contribution in [0.15, 0.2) is 35.0 Å². The SMILES string of the molecule is CC1C(Cc2cc(F)ccc2C=CC(=O)O)C2(c3nc(C(=O)NCCCCC4CCCCC4)co3)C3CCC(O3)C12C. The van der Waals surface area contributed by atoms with E-state index in [9.17, 15) is 19.1 Å². The van der Waals surface area contributed by atoms with Crippen molar-refractivity contribution in [3.8, 4) is 0 Å². The molecular weight excluding hydrogens is 535 g/mol. The molecule has 6 atom stereocenters. The number of fused-ring (bicyclic) bond motifs is 5. The zero-order chi connectivity index (χ0) is 29.5. The molecule has 2 saturated heterocycles. The molecule has 0 radical (unpaired) electrons. The quantitative estimate of drug-likeness (QED) is 0.227. The number of unbranched alkanes of at least 4 members (excludes halogenated alkanes) is 1. The van der Waals surface area contributed by atoms with E-state index in [2.05, 4.69) is 19.2 Å². The molecule has 42 heavy (non-hydrogen) atoms. The van der Waals surface area contributed by atoms with Crippen LogP contribution in [0.1, 0.15) is 106 Å². The zero-order valence-corrected chi connectivity index (χ0v) is 24.7. The molecular formula is C34H43FN2O5. The number of rotatable bonds is 11. The largest absolute Gasteiger partial charge is 0.478 e. The van der Waals surface area contributed by atoms with Crippen molar-refractivity contribution in [3.63, 3.8) is 0 Å². The van der Waals surface area contributed by atoms with Crippen molar-refractivity contribution in [2.75, 3.05) is 6.54 Å². The second kappa shape index (κ2) is 11.6. The molecule has 3 heterocycles. The van der Waals surface area contributed by atoms with E-state index in [1.807, 2.05) is 0 Å². The van der Waals surface area contributed by atoms with E-state index < -0.39 is 11.4 Å². The molecule has 2 aliphatic carbocycles. The Hall–Kier alpha value is -3.00. The summed E-state index contributed by atoms with van der Waals surface area (Å²) in [7, 11) is 0. The van der Waals surface area contributed by atoms with Gasteiger partial charge in [0.25, 0.3) is 5.91 Å². The Morgan fingerprint density at radius 3 is 2.71 bits per heavy atom. The highest BCUT2D eigenvalue weighted by atomic mass is 19.1. The second-order valence-corrected chi connectivity index (χ2v) is 13.3. The number of carboxylic acids is 1. The van der Waals surface area contributed by atoms with Crippen molar-refractivity contribution in [3.05, 3.63) is 59.1 Å². The molecule has 1 aromatic heterocycles. The monoisotopic (exact) mass is 578 g/mol. The first-order valence-electron chi connectivity index (χ1n) is 15.8. The minimum Gasteiger partial charge on any atom is -0.478 e. The van der Waals surface area contributed by atoms with Crippen LogP contribution < -0.4 is 5.32 Å². The maximum Gasteiger partial charge on any atom is 0.328 e. The van der Waals surface area contributed by atoms with Crippen molar-refractivity contribution in [2.45, 2.75) is 102 Å². The van der Waals surface area contributed by atoms with E-state index in [0.29, 0.717) is 24.4 Å². The Morgan fingerprint density at radius 2 is 1.93 bits per heavy atom. The Labute approximate surface area is 247 Å². The average Bonchev–Trinajstić information content (AvgIpc) is 3.71. The molecule has 6 unspecified atom stereocenters. The standard InChI is InChI=1S/C34H43FN2O5/c1-21-26(19-24-18-25(35)13-11-23(24)12-16-30(38)39)34(29-15-14-28(42-29)33(21,34)2)32-37-27(20-41-32)31(40)36-17-7-6-10-22-8-4-3-5-9-22/h11-13,16,18,20-22,26,28-29H,3-10,14-15,17,19H2,1-2H3,(H,36,40)(H,38,39). The molecule has 2 N–H and O–H groups in total. The Morgan fingerprint density at radius 1 is 1.14 bits per heavy atom. The van der Waals surface area contributed by atoms with E-state index in [0.717, 1.165) is 43.2 Å². The first kappa shape index (κ1) is 29.1. The maximum atomic E-state index is 14.4. The summed E-state index contributed by atoms with van der Waals surface area (Å²) in [4.78, 5) is 29.1. The third-order valence-corrected chi connectivity index (χ3v) is 11.3. The molecule has 6 rings (SSSR count). The number of aromatic nitrogens is 1. The van der Waals surface area contributed by atoms with Gasteiger partial charge in [-0.1, -0.05) is 64.9 Å². The third kappa shape index (κ3) is 4.80. The number of hydrogen-bond acceptors (Lipinski definition) is 5. The number of nitrogens with one attached hydrogen (secondary N) is 1. The molecule has 8 heteroatoms. The molecule has 4 aliphatic rings. The number of carbonyl (C=O) groups is 2. The molecule has 226 valence electrons. The van der Waals surface area contributed by atoms with Crippen molar-refractivity contribution in [2.24, 2.45) is 23.2 Å². The van der Waals surface area contributed by atoms with Crippen LogP contribution in [-0.2, 0) is 21.4 Å². The van der Waals surface area contributed by atoms with Crippen LogP contribution in [0.4, 0.5) is 4.39 Å². The molecule has 7 nitrogen and oxygen atoms in total. The van der Waals surface area contributed by atoms with Crippen LogP contribution in [0.3, 0.4) is 0 Å². The van der Waals surface area contributed by atoms with Crippen LogP contribution in [-0.4, -0.2) is 40.7 Å². The third-order valence-electron chi connectivity index (χ3n) is 11.3. The van der Waals surface area contributed by atoms with E-state index in [4.69, 9.17) is 14.1 Å². The summed E-state index contributed by atoms with van der Waals surface area (Å²) < 4.78 is 27.1. The molecule has 1 aromatic carbocycles. The predicted molar refractivity (Wildman–Crippen MR) is 156 cm³/mol. The van der Waals surface area contributed by atoms with Gasteiger partial charge in [0, 0.05) is 18.0 Å². The summed E-state index contributed by atoms with van der Waals surface area (Å²) in [6.45, 7) is 5.07. The molecule has 4 fully saturated rings. The van der Waals surface area contributed by atoms with E-state index in [1.165, 1.54) is 63.0 Å². The van der Waals surface area contributed by atoms with Gasteiger partial charge in [0.05, 0.1) is 17.6 Å². The normalized spacial score (nSPS) is 32.2. The minimum atomic E-state index is -1.05. The molecule has 1 amide bonds. The lowest BCUT2D eigenvalue weighted by molar-refractivity contribution is -0.151. The van der Waals surface area contributed by atoms with Crippen LogP contribution in [0.5, 0.6) is 0 Å². The number of aliphatic carboxylic acids is 1. The van der Waals surface area contributed by atoms with Gasteiger partial charge in [0.2, 0.25) is 5.89 Å². The maximum absolute atomic E-state index is 14.4. The van der Waals surface area contributed by atoms with Crippen molar-refractivity contribution in [1.82, 2.24) is 10.3 Å². The van der Waals surface area contributed by atoms with Gasteiger partial charge < -0.3 is 19.6 Å². The van der Waals surface area contributed by atoms with E-state index >= 15 is 0 Å². The summed E-state index contributed by atoms with van der Waals surface area (Å²) in [6.07, 6.45) is 16.5. The smallest absolute Gasteiger partial charge is 0.328 e. The summed E-state index contributed by atoms with van der Waals surface area (Å²) in [5.74, 6) is -0.0186. The number of halogens is 1. The van der Waals surface area contributed by atoms with Gasteiger partial charge in [0.15, 0.2) is 5.69 Å². The van der Waals surface area contributed by atoms with Gasteiger partial charge in [-0.3, -0.25) is 4.79 Å². The van der Waals surface area contributed by atoms with E-state index in [1.54, 1.807) is 6.07 Å². The fourth-order valence-electron chi connectivity index (χ4n) is 9.12. The summed E-state index contributed by atoms with van der Waals surface area (Å²) >= 11 is 0. The summed E-state index contributed by atoms with van der Waals surface area (Å²) in [5, 5.41) is 12.2. The zero-order valence-electron chi connectivity index (χ0n) is 24.7. The number of hydrogen-bond donors (Lipinski definition) is 2. The fraction of sp³-hybridized carbons (Fsp3) is 0.618. The summed E-state index contributed by atoms with van der Waals surface area (Å²) in [5.41, 5.74) is 0.920. The molecule has 2 bridgehead atoms. The van der Waals surface area contributed by atoms with Gasteiger partial charge in [0.1, 0.15) is 12.1 Å². The summed E-state index contributed by atoms with van der Waals surface area (Å²) in [6, 6.07) is 4.47. The topological polar surface area (TPSA) is 102 Å². The number of carboxylic acid groups (broad SMARTS) is 1. The lowest BCUT2D eigenvalue weighted by Gasteiger charge is -2.66. The van der Waals surface area contributed by atoms with Crippen LogP contribution in [0, 0.1) is 29.0 Å². The highest BCUT2D eigenvalue weighted by molar-refractivity contribution is 5.92. The molecule has 2 saturated carbocycles. The molecule has 0 spiro atoms. The van der Waals surface area contributed by atoms with Crippen LogP contribution >= 0.6 is 0 Å². The number of ether oxygens (including phenoxy) is 1. The van der Waals surface area contributed by atoms with Gasteiger partial charge in [-0.15, -0.1) is 0 Å². The molecule has 2 aromatic rings. The predicted octanol–water partition coefficient (Wildman–Crippen LogP) is 6.71. The van der Waals surface area contributed by atoms with Gasteiger partial charge in [-0.2, -0.15) is 0 Å². The van der Waals surface area contributed by atoms with Gasteiger partial charge in [-0.25, -0.2) is 14.2 Å². The fourth-order valence-corrected chi connectivity index (χ4v) is 9.12. The lowest BCUT2D eigenvalue weighted by Crippen LogP contribution is -2.71. The minimum absolute atomic E-state index is 0.0194. The highest BCUT2D eigenvalue weighted by Crippen LogP contribution is 2.76. The lowest BCUT2D eigenvalue weighted by atomic mass is 9.34. The first-order chi connectivity index (χ1) is 20.2. The van der Waals surface area contributed by atoms with Crippen LogP contribution in [0.25, 0.3) is 6.08 Å². The second-order valence-electron chi connectivity index (χ2n) is 13.3. The first-order valence-corrected chi connectivity index (χ1v) is 15.8. The van der Waals surface area contributed by atoms with Gasteiger partial charge >= 0.3 is 5.97 Å². The van der Waals surface area contributed by atoms with Crippen LogP contribution in [0.2, 0.25) is 0 Å². The Balaban J connectivity index is 1.20. The average molecular weight is 579 g/mol. The van der Waals surface area contributed by atoms with E-state index in [-0.39, 0.29) is 46.9 Å². The van der Waals surface area contributed by atoms with Gasteiger partial charge in [-0.05, 0) is 72.8 Å².